The summed E-state index contributed by atoms with van der Waals surface area (Å²) < 4.78 is 35.6. The van der Waals surface area contributed by atoms with Crippen molar-refractivity contribution in [2.45, 2.75) is 104 Å². The lowest BCUT2D eigenvalue weighted by molar-refractivity contribution is -0.385. The molecule has 3 unspecified atom stereocenters. The number of hydrogen-bond acceptors (Lipinski definition) is 16. The summed E-state index contributed by atoms with van der Waals surface area (Å²) >= 11 is 0.923. The fourth-order valence-corrected chi connectivity index (χ4v) is 9.92. The van der Waals surface area contributed by atoms with Crippen molar-refractivity contribution in [3.05, 3.63) is 79.9 Å². The van der Waals surface area contributed by atoms with Crippen LogP contribution in [-0.4, -0.2) is 98.1 Å². The number of nitrogens with zero attached hydrogens (tertiary/aromatic N) is 3. The summed E-state index contributed by atoms with van der Waals surface area (Å²) in [4.78, 5) is 89.6. The van der Waals surface area contributed by atoms with Gasteiger partial charge in [-0.05, 0) is 83.9 Å². The number of hydrogen-bond donors (Lipinski definition) is 2. The molecule has 0 bridgehead atoms. The summed E-state index contributed by atoms with van der Waals surface area (Å²) in [5, 5.41) is 26.7. The average molecular weight is 866 g/mol. The number of amides is 3. The van der Waals surface area contributed by atoms with E-state index in [0.717, 1.165) is 16.7 Å². The van der Waals surface area contributed by atoms with Crippen LogP contribution in [0.2, 0.25) is 0 Å². The minimum absolute atomic E-state index is 0.157. The minimum atomic E-state index is -4.09. The number of carbonyl (C=O) groups is 5. The molecular weight excluding hydrogens is 817 g/mol. The zero-order valence-corrected chi connectivity index (χ0v) is 35.2. The maximum Gasteiger partial charge on any atom is 0.508 e. The molecule has 3 atom stereocenters. The molecule has 20 nitrogen and oxygen atoms in total. The first-order chi connectivity index (χ1) is 27.8. The molecule has 2 aliphatic rings. The highest BCUT2D eigenvalue weighted by atomic mass is 32.2. The topological polar surface area (TPSA) is 254 Å². The quantitative estimate of drug-likeness (QED) is 0.0572. The Bertz CT molecular complexity index is 1900. The van der Waals surface area contributed by atoms with E-state index in [-0.39, 0.29) is 48.8 Å². The van der Waals surface area contributed by atoms with Crippen molar-refractivity contribution < 1.29 is 61.6 Å². The summed E-state index contributed by atoms with van der Waals surface area (Å²) in [6.45, 7) is 11.2. The third-order valence-electron chi connectivity index (χ3n) is 8.45. The second-order valence-corrected chi connectivity index (χ2v) is 17.7. The normalized spacial score (nSPS) is 17.5. The maximum atomic E-state index is 14.5. The van der Waals surface area contributed by atoms with E-state index in [0.29, 0.717) is 11.1 Å². The summed E-state index contributed by atoms with van der Waals surface area (Å²) in [6, 6.07) is 9.04. The summed E-state index contributed by atoms with van der Waals surface area (Å²) in [5.74, 6) is -3.06. The molecule has 59 heavy (non-hydrogen) atoms. The number of nitro benzene ring substituents is 2. The number of nitrogens with one attached hydrogen (secondary N) is 2. The van der Waals surface area contributed by atoms with Gasteiger partial charge in [0.25, 0.3) is 18.9 Å². The SMILES string of the molecule is CC(C)OP(OC(C)C)(OC(C)C)=C(C(=O)OCc1ccc([N+](=O)[O-])cc1)N1C(=O)C(C(C)OC(=O)OCc2ccc([N+](=O)[O-])cc2)C1CC(=O)SC1CNC(=O)NC1. The Morgan fingerprint density at radius 1 is 0.780 bits per heavy atom. The largest absolute Gasteiger partial charge is 0.508 e. The monoisotopic (exact) mass is 865 g/mol. The van der Waals surface area contributed by atoms with E-state index >= 15 is 0 Å². The first-order valence-electron chi connectivity index (χ1n) is 18.6. The first kappa shape index (κ1) is 46.6. The number of carbonyl (C=O) groups excluding carboxylic acids is 5. The maximum absolute atomic E-state index is 14.5. The third kappa shape index (κ3) is 12.7. The number of esters is 1. The van der Waals surface area contributed by atoms with Gasteiger partial charge in [0.1, 0.15) is 19.3 Å². The number of likely N-dealkylation sites (tertiary alicyclic amines) is 1. The van der Waals surface area contributed by atoms with Crippen molar-refractivity contribution in [3.63, 3.8) is 0 Å². The van der Waals surface area contributed by atoms with Gasteiger partial charge in [0.15, 0.2) is 5.12 Å². The van der Waals surface area contributed by atoms with Crippen LogP contribution in [0.4, 0.5) is 21.0 Å². The predicted molar refractivity (Wildman–Crippen MR) is 214 cm³/mol. The van der Waals surface area contributed by atoms with Crippen molar-refractivity contribution in [1.29, 1.82) is 0 Å². The van der Waals surface area contributed by atoms with Crippen LogP contribution in [0.5, 0.6) is 0 Å². The number of ether oxygens (including phenoxy) is 3. The van der Waals surface area contributed by atoms with Crippen molar-refractivity contribution >= 4 is 65.3 Å². The highest BCUT2D eigenvalue weighted by Crippen LogP contribution is 2.58. The fourth-order valence-electron chi connectivity index (χ4n) is 6.04. The molecule has 2 aliphatic heterocycles. The molecule has 2 saturated heterocycles. The lowest BCUT2D eigenvalue weighted by atomic mass is 9.81. The average Bonchev–Trinajstić information content (AvgIpc) is 3.15. The Kier molecular flexibility index (Phi) is 16.4. The third-order valence-corrected chi connectivity index (χ3v) is 12.6. The van der Waals surface area contributed by atoms with Crippen LogP contribution >= 0.6 is 19.3 Å². The first-order valence-corrected chi connectivity index (χ1v) is 21.1. The second-order valence-electron chi connectivity index (χ2n) is 14.3. The lowest BCUT2D eigenvalue weighted by Gasteiger charge is -2.50. The summed E-state index contributed by atoms with van der Waals surface area (Å²) in [5.41, 5.74) is 0.0191. The van der Waals surface area contributed by atoms with Gasteiger partial charge in [-0.1, -0.05) is 11.8 Å². The zero-order valence-electron chi connectivity index (χ0n) is 33.5. The van der Waals surface area contributed by atoms with E-state index in [1.807, 2.05) is 0 Å². The Morgan fingerprint density at radius 3 is 1.68 bits per heavy atom. The van der Waals surface area contributed by atoms with Gasteiger partial charge in [-0.25, -0.2) is 14.4 Å². The molecule has 4 rings (SSSR count). The molecule has 0 saturated carbocycles. The second kappa shape index (κ2) is 20.7. The van der Waals surface area contributed by atoms with Gasteiger partial charge in [-0.2, -0.15) is 0 Å². The van der Waals surface area contributed by atoms with E-state index in [1.54, 1.807) is 41.5 Å². The molecule has 0 spiro atoms. The van der Waals surface area contributed by atoms with Crippen LogP contribution in [0, 0.1) is 26.1 Å². The van der Waals surface area contributed by atoms with Crippen molar-refractivity contribution in [2.24, 2.45) is 5.92 Å². The zero-order chi connectivity index (χ0) is 43.6. The Labute approximate surface area is 344 Å². The molecule has 322 valence electrons. The Balaban J connectivity index is 1.73. The highest BCUT2D eigenvalue weighted by molar-refractivity contribution is 8.14. The molecule has 0 aliphatic carbocycles. The molecule has 3 amide bonds. The number of urea groups is 1. The smallest absolute Gasteiger partial charge is 0.456 e. The van der Waals surface area contributed by atoms with Gasteiger partial charge >= 0.3 is 18.2 Å². The van der Waals surface area contributed by atoms with Gasteiger partial charge in [0.2, 0.25) is 11.3 Å². The van der Waals surface area contributed by atoms with Gasteiger partial charge in [0, 0.05) is 49.0 Å². The molecule has 2 fully saturated rings. The van der Waals surface area contributed by atoms with Crippen LogP contribution in [0.25, 0.3) is 0 Å². The highest BCUT2D eigenvalue weighted by Gasteiger charge is 2.58. The molecule has 2 heterocycles. The van der Waals surface area contributed by atoms with E-state index in [2.05, 4.69) is 10.6 Å². The number of thioether (sulfide) groups is 1. The van der Waals surface area contributed by atoms with Crippen LogP contribution in [0.3, 0.4) is 0 Å². The number of rotatable bonds is 19. The molecule has 2 N–H and O–H groups in total. The van der Waals surface area contributed by atoms with Crippen LogP contribution in [-0.2, 0) is 55.4 Å². The molecule has 2 aromatic carbocycles. The molecular formula is C37H48N5O15PS. The summed E-state index contributed by atoms with van der Waals surface area (Å²) in [6.07, 6.45) is -4.68. The molecule has 0 radical (unpaired) electrons. The predicted octanol–water partition coefficient (Wildman–Crippen LogP) is 5.61. The number of nitro groups is 2. The van der Waals surface area contributed by atoms with Gasteiger partial charge < -0.3 is 38.4 Å². The van der Waals surface area contributed by atoms with Crippen molar-refractivity contribution in [2.75, 3.05) is 13.1 Å². The Morgan fingerprint density at radius 2 is 1.24 bits per heavy atom. The van der Waals surface area contributed by atoms with Crippen LogP contribution in [0.15, 0.2) is 48.5 Å². The molecule has 0 aromatic heterocycles. The van der Waals surface area contributed by atoms with Crippen LogP contribution in [0.1, 0.15) is 66.0 Å². The van der Waals surface area contributed by atoms with E-state index in [1.165, 1.54) is 55.5 Å². The van der Waals surface area contributed by atoms with Crippen molar-refractivity contribution in [3.8, 4) is 0 Å². The molecule has 22 heteroatoms. The number of benzene rings is 2. The fraction of sp³-hybridized carbons (Fsp3) is 0.514. The standard InChI is InChI=1S/C37H48N5O15PS/c1-21(2)55-58(56-22(3)4,57-23(5)6)34(35(45)52-19-25-8-12-27(13-9-25)41(48)49)40-30(16-31(43)59-29-17-38-36(46)39-18-29)32(33(40)44)24(7)54-37(47)53-20-26-10-14-28(15-11-26)42(50)51/h8-15,21-24,29-30,32H,16-20H2,1-7H3,(H2,38,39,46). The van der Waals surface area contributed by atoms with Gasteiger partial charge in [-0.15, -0.1) is 0 Å². The molecule has 2 aromatic rings. The van der Waals surface area contributed by atoms with E-state index < -0.39 is 89.0 Å². The number of β-lactam (4-membered cyclic amide) rings is 1. The minimum Gasteiger partial charge on any atom is -0.456 e. The van der Waals surface area contributed by atoms with Gasteiger partial charge in [-0.3, -0.25) is 34.7 Å². The van der Waals surface area contributed by atoms with Crippen LogP contribution < -0.4 is 10.6 Å². The summed E-state index contributed by atoms with van der Waals surface area (Å²) in [7, 11) is -4.09. The lowest BCUT2D eigenvalue weighted by Crippen LogP contribution is -2.68. The van der Waals surface area contributed by atoms with Crippen molar-refractivity contribution in [1.82, 2.24) is 15.5 Å². The number of non-ortho nitro benzene ring substituents is 2. The van der Waals surface area contributed by atoms with E-state index in [4.69, 9.17) is 27.8 Å². The Hall–Kier alpha value is -5.08. The van der Waals surface area contributed by atoms with E-state index in [9.17, 15) is 44.2 Å². The van der Waals surface area contributed by atoms with Gasteiger partial charge in [0.05, 0.1) is 40.1 Å².